The van der Waals surface area contributed by atoms with Gasteiger partial charge in [-0.25, -0.2) is 0 Å². The maximum absolute atomic E-state index is 14.4. The van der Waals surface area contributed by atoms with Crippen LogP contribution in [0.1, 0.15) is 11.3 Å². The van der Waals surface area contributed by atoms with Crippen molar-refractivity contribution in [1.29, 1.82) is 0 Å². The predicted molar refractivity (Wildman–Crippen MR) is 105 cm³/mol. The molecular weight excluding hydrogens is 390 g/mol. The van der Waals surface area contributed by atoms with Crippen molar-refractivity contribution < 1.29 is 14.0 Å². The fourth-order valence-electron chi connectivity index (χ4n) is 2.92. The Bertz CT molecular complexity index is 938. The number of amidine groups is 1. The lowest BCUT2D eigenvalue weighted by Gasteiger charge is -2.36. The third-order valence-corrected chi connectivity index (χ3v) is 9.15. The molecule has 10 heteroatoms. The Hall–Kier alpha value is -2.01. The van der Waals surface area contributed by atoms with Crippen molar-refractivity contribution in [3.8, 4) is 11.5 Å². The monoisotopic (exact) mass is 406 g/mol. The maximum atomic E-state index is 14.4. The lowest BCUT2D eigenvalue weighted by atomic mass is 10.2. The molecule has 7 nitrogen and oxygen atoms in total. The standard InChI is InChI=1S/C16H16N4O3P2S/c1-22-11-8-9-13(14(10-11)23-2)15-17-18-16-20(19-24-26-16)25(15,21)12-6-4-3-5-7-12/h3-10,15,17H,1-2H3. The topological polar surface area (TPSA) is 75.5 Å². The second-order valence-corrected chi connectivity index (χ2v) is 10.1. The molecule has 134 valence electrons. The van der Waals surface area contributed by atoms with E-state index in [9.17, 15) is 4.57 Å². The highest BCUT2D eigenvalue weighted by Gasteiger charge is 2.49. The molecule has 0 fully saturated rings. The van der Waals surface area contributed by atoms with Crippen molar-refractivity contribution >= 4 is 36.7 Å². The average Bonchev–Trinajstić information content (AvgIpc) is 3.18. The minimum absolute atomic E-state index is 0.584. The van der Waals surface area contributed by atoms with Gasteiger partial charge in [0.15, 0.2) is 0 Å². The summed E-state index contributed by atoms with van der Waals surface area (Å²) in [5, 5.41) is 5.71. The maximum Gasteiger partial charge on any atom is 0.250 e. The first-order valence-corrected chi connectivity index (χ1v) is 11.8. The van der Waals surface area contributed by atoms with Gasteiger partial charge in [-0.2, -0.15) is 9.88 Å². The van der Waals surface area contributed by atoms with Crippen LogP contribution in [0, 0.1) is 0 Å². The summed E-state index contributed by atoms with van der Waals surface area (Å²) in [5.41, 5.74) is 3.83. The van der Waals surface area contributed by atoms with Crippen LogP contribution in [0.5, 0.6) is 11.5 Å². The van der Waals surface area contributed by atoms with E-state index in [4.69, 9.17) is 9.47 Å². The number of hydrogen-bond acceptors (Lipinski definition) is 7. The summed E-state index contributed by atoms with van der Waals surface area (Å²) >= 11 is 1.43. The summed E-state index contributed by atoms with van der Waals surface area (Å²) in [4.78, 5) is 4.42. The molecule has 2 aromatic rings. The van der Waals surface area contributed by atoms with Crippen LogP contribution in [0.3, 0.4) is 0 Å². The number of hydrogen-bond donors (Lipinski definition) is 1. The van der Waals surface area contributed by atoms with Crippen LogP contribution in [0.15, 0.2) is 58.5 Å². The van der Waals surface area contributed by atoms with Crippen molar-refractivity contribution in [3.05, 3.63) is 54.1 Å². The highest BCUT2D eigenvalue weighted by Crippen LogP contribution is 2.66. The molecule has 2 aliphatic rings. The van der Waals surface area contributed by atoms with Crippen molar-refractivity contribution in [2.24, 2.45) is 9.96 Å². The number of benzene rings is 2. The molecule has 0 saturated heterocycles. The van der Waals surface area contributed by atoms with Gasteiger partial charge >= 0.3 is 0 Å². The quantitative estimate of drug-likeness (QED) is 0.768. The van der Waals surface area contributed by atoms with Gasteiger partial charge in [-0.1, -0.05) is 18.2 Å². The summed E-state index contributed by atoms with van der Waals surface area (Å²) < 4.78 is 26.8. The summed E-state index contributed by atoms with van der Waals surface area (Å²) in [7, 11) is 0.744. The van der Waals surface area contributed by atoms with Crippen LogP contribution in [0.25, 0.3) is 0 Å². The van der Waals surface area contributed by atoms with Gasteiger partial charge in [0.2, 0.25) is 12.5 Å². The van der Waals surface area contributed by atoms with Crippen LogP contribution < -0.4 is 20.2 Å². The van der Waals surface area contributed by atoms with Crippen LogP contribution in [0.2, 0.25) is 0 Å². The Balaban J connectivity index is 1.90. The molecular formula is C16H16N4O3P2S. The normalized spacial score (nSPS) is 24.5. The Morgan fingerprint density at radius 2 is 2.00 bits per heavy atom. The van der Waals surface area contributed by atoms with E-state index >= 15 is 0 Å². The smallest absolute Gasteiger partial charge is 0.250 e. The van der Waals surface area contributed by atoms with Crippen molar-refractivity contribution in [1.82, 2.24) is 10.2 Å². The molecule has 0 aromatic heterocycles. The Labute approximate surface area is 156 Å². The first-order chi connectivity index (χ1) is 12.7. The molecule has 0 radical (unpaired) electrons. The number of rotatable bonds is 4. The fraction of sp³-hybridized carbons (Fsp3) is 0.188. The van der Waals surface area contributed by atoms with E-state index in [1.165, 1.54) is 11.4 Å². The molecule has 0 amide bonds. The van der Waals surface area contributed by atoms with E-state index in [0.29, 0.717) is 22.0 Å². The van der Waals surface area contributed by atoms with Gasteiger partial charge < -0.3 is 9.47 Å². The molecule has 0 bridgehead atoms. The number of methoxy groups -OCH3 is 2. The van der Waals surface area contributed by atoms with E-state index in [1.807, 2.05) is 42.5 Å². The Morgan fingerprint density at radius 1 is 1.19 bits per heavy atom. The molecule has 0 spiro atoms. The van der Waals surface area contributed by atoms with Gasteiger partial charge in [0.05, 0.1) is 14.2 Å². The van der Waals surface area contributed by atoms with Crippen LogP contribution in [0.4, 0.5) is 0 Å². The minimum atomic E-state index is -3.19. The van der Waals surface area contributed by atoms with Crippen LogP contribution >= 0.6 is 26.2 Å². The third-order valence-electron chi connectivity index (χ3n) is 4.19. The number of nitrogens with zero attached hydrogens (tertiary/aromatic N) is 3. The van der Waals surface area contributed by atoms with Gasteiger partial charge in [0.25, 0.3) is 0 Å². The molecule has 2 aliphatic heterocycles. The molecule has 0 aliphatic carbocycles. The first kappa shape index (κ1) is 17.4. The SMILES string of the molecule is COc1ccc(C2NN=C3SP=NN3P2(=O)c2ccccc2)c(OC)c1. The van der Waals surface area contributed by atoms with Gasteiger partial charge in [0, 0.05) is 16.9 Å². The Kier molecular flexibility index (Phi) is 4.65. The van der Waals surface area contributed by atoms with E-state index in [0.717, 1.165) is 13.1 Å². The summed E-state index contributed by atoms with van der Waals surface area (Å²) in [5.74, 6) is 0.660. The highest BCUT2D eigenvalue weighted by molar-refractivity contribution is 8.55. The molecule has 26 heavy (non-hydrogen) atoms. The van der Waals surface area contributed by atoms with Crippen molar-refractivity contribution in [2.45, 2.75) is 5.78 Å². The second-order valence-electron chi connectivity index (χ2n) is 5.54. The molecule has 1 N–H and O–H groups in total. The fourth-order valence-corrected chi connectivity index (χ4v) is 8.23. The minimum Gasteiger partial charge on any atom is -0.497 e. The second kappa shape index (κ2) is 6.95. The lowest BCUT2D eigenvalue weighted by Crippen LogP contribution is -2.37. The highest BCUT2D eigenvalue weighted by atomic mass is 32.7. The molecule has 0 saturated carbocycles. The number of ether oxygens (including phenoxy) is 2. The van der Waals surface area contributed by atoms with E-state index in [-0.39, 0.29) is 0 Å². The molecule has 2 unspecified atom stereocenters. The number of nitrogens with one attached hydrogen (secondary N) is 1. The number of fused-ring (bicyclic) bond motifs is 1. The van der Waals surface area contributed by atoms with Gasteiger partial charge in [0.1, 0.15) is 24.9 Å². The first-order valence-electron chi connectivity index (χ1n) is 7.77. The van der Waals surface area contributed by atoms with Crippen LogP contribution in [-0.4, -0.2) is 24.2 Å². The average molecular weight is 406 g/mol. The molecule has 2 atom stereocenters. The third kappa shape index (κ3) is 2.69. The van der Waals surface area contributed by atoms with Gasteiger partial charge in [-0.15, -0.1) is 4.85 Å². The summed E-state index contributed by atoms with van der Waals surface area (Å²) in [6.45, 7) is 0. The molecule has 2 heterocycles. The zero-order valence-electron chi connectivity index (χ0n) is 14.1. The molecule has 4 rings (SSSR count). The van der Waals surface area contributed by atoms with E-state index in [1.54, 1.807) is 25.1 Å². The lowest BCUT2D eigenvalue weighted by molar-refractivity contribution is 0.387. The zero-order chi connectivity index (χ0) is 18.1. The summed E-state index contributed by atoms with van der Waals surface area (Å²) in [6, 6.07) is 14.8. The van der Waals surface area contributed by atoms with Crippen molar-refractivity contribution in [2.75, 3.05) is 14.2 Å². The van der Waals surface area contributed by atoms with E-state index < -0.39 is 13.1 Å². The van der Waals surface area contributed by atoms with Crippen molar-refractivity contribution in [3.63, 3.8) is 0 Å². The zero-order valence-corrected chi connectivity index (χ0v) is 16.7. The van der Waals surface area contributed by atoms with Gasteiger partial charge in [-0.05, 0) is 35.6 Å². The largest absolute Gasteiger partial charge is 0.497 e. The van der Waals surface area contributed by atoms with Crippen LogP contribution in [-0.2, 0) is 4.57 Å². The Morgan fingerprint density at radius 3 is 2.73 bits per heavy atom. The number of hydrazone groups is 1. The van der Waals surface area contributed by atoms with E-state index in [2.05, 4.69) is 15.4 Å². The van der Waals surface area contributed by atoms with Gasteiger partial charge in [-0.3, -0.25) is 9.99 Å². The predicted octanol–water partition coefficient (Wildman–Crippen LogP) is 4.19. The summed E-state index contributed by atoms with van der Waals surface area (Å²) in [6.07, 6.45) is 0. The molecule has 2 aromatic carbocycles.